The number of halogens is 1. The molecule has 1 aliphatic carbocycles. The third-order valence-corrected chi connectivity index (χ3v) is 7.50. The van der Waals surface area contributed by atoms with Crippen LogP contribution in [0.1, 0.15) is 46.0 Å². The molecule has 0 unspecified atom stereocenters. The Hall–Kier alpha value is -3.03. The zero-order valence-electron chi connectivity index (χ0n) is 19.1. The van der Waals surface area contributed by atoms with E-state index in [-0.39, 0.29) is 23.7 Å². The maximum Gasteiger partial charge on any atom is 0.263 e. The lowest BCUT2D eigenvalue weighted by atomic mass is 9.78. The van der Waals surface area contributed by atoms with Crippen molar-refractivity contribution in [3.05, 3.63) is 36.4 Å². The SMILES string of the molecule is C[C@H]1[C@H](C)CCC[C@@H]1NC(=O)[C@H]1CCCN(c2ncnc3onc(-c4ccc(F)cc4)c23)C1. The molecule has 174 valence electrons. The molecular weight excluding hydrogens is 421 g/mol. The second-order valence-electron chi connectivity index (χ2n) is 9.58. The van der Waals surface area contributed by atoms with E-state index in [2.05, 4.69) is 39.2 Å². The molecule has 1 saturated heterocycles. The number of piperidine rings is 1. The fourth-order valence-corrected chi connectivity index (χ4v) is 5.29. The summed E-state index contributed by atoms with van der Waals surface area (Å²) in [6.07, 6.45) is 6.70. The average Bonchev–Trinajstić information content (AvgIpc) is 3.27. The highest BCUT2D eigenvalue weighted by molar-refractivity contribution is 5.98. The third-order valence-electron chi connectivity index (χ3n) is 7.50. The summed E-state index contributed by atoms with van der Waals surface area (Å²) < 4.78 is 18.9. The highest BCUT2D eigenvalue weighted by Crippen LogP contribution is 2.35. The molecular formula is C25H30FN5O2. The van der Waals surface area contributed by atoms with Crippen LogP contribution >= 0.6 is 0 Å². The van der Waals surface area contributed by atoms with Crippen LogP contribution in [0.25, 0.3) is 22.4 Å². The van der Waals surface area contributed by atoms with E-state index >= 15 is 0 Å². The summed E-state index contributed by atoms with van der Waals surface area (Å²) in [5.41, 5.74) is 1.70. The number of benzene rings is 1. The van der Waals surface area contributed by atoms with Crippen molar-refractivity contribution in [2.75, 3.05) is 18.0 Å². The number of carbonyl (C=O) groups is 1. The van der Waals surface area contributed by atoms with Crippen molar-refractivity contribution in [1.29, 1.82) is 0 Å². The summed E-state index contributed by atoms with van der Waals surface area (Å²) >= 11 is 0. The van der Waals surface area contributed by atoms with E-state index in [4.69, 9.17) is 4.52 Å². The molecule has 3 aromatic rings. The minimum atomic E-state index is -0.311. The second-order valence-corrected chi connectivity index (χ2v) is 9.58. The van der Waals surface area contributed by atoms with Crippen molar-refractivity contribution in [3.63, 3.8) is 0 Å². The van der Waals surface area contributed by atoms with Crippen molar-refractivity contribution in [3.8, 4) is 11.3 Å². The number of nitrogens with zero attached hydrogens (tertiary/aromatic N) is 4. The first-order valence-corrected chi connectivity index (χ1v) is 11.9. The Morgan fingerprint density at radius 1 is 1.12 bits per heavy atom. The molecule has 8 heteroatoms. The molecule has 2 fully saturated rings. The van der Waals surface area contributed by atoms with Gasteiger partial charge in [-0.2, -0.15) is 4.98 Å². The Kier molecular flexibility index (Phi) is 6.00. The summed E-state index contributed by atoms with van der Waals surface area (Å²) in [4.78, 5) is 24.1. The zero-order chi connectivity index (χ0) is 22.9. The van der Waals surface area contributed by atoms with Gasteiger partial charge < -0.3 is 14.7 Å². The van der Waals surface area contributed by atoms with Crippen molar-refractivity contribution in [2.24, 2.45) is 17.8 Å². The summed E-state index contributed by atoms with van der Waals surface area (Å²) in [6, 6.07) is 6.39. The number of hydrogen-bond donors (Lipinski definition) is 1. The van der Waals surface area contributed by atoms with Gasteiger partial charge in [-0.1, -0.05) is 31.8 Å². The number of hydrogen-bond acceptors (Lipinski definition) is 6. The first-order chi connectivity index (χ1) is 16.0. The summed E-state index contributed by atoms with van der Waals surface area (Å²) in [7, 11) is 0. The Bertz CT molecular complexity index is 1130. The van der Waals surface area contributed by atoms with E-state index in [0.717, 1.165) is 31.4 Å². The monoisotopic (exact) mass is 451 g/mol. The molecule has 33 heavy (non-hydrogen) atoms. The van der Waals surface area contributed by atoms with Crippen LogP contribution in [-0.2, 0) is 4.79 Å². The zero-order valence-corrected chi connectivity index (χ0v) is 19.1. The van der Waals surface area contributed by atoms with Crippen molar-refractivity contribution >= 4 is 22.8 Å². The van der Waals surface area contributed by atoms with Gasteiger partial charge in [0.1, 0.15) is 29.0 Å². The molecule has 2 aromatic heterocycles. The van der Waals surface area contributed by atoms with Crippen LogP contribution < -0.4 is 10.2 Å². The lowest BCUT2D eigenvalue weighted by Gasteiger charge is -2.37. The topological polar surface area (TPSA) is 84.2 Å². The lowest BCUT2D eigenvalue weighted by molar-refractivity contribution is -0.126. The second kappa shape index (κ2) is 9.08. The molecule has 1 N–H and O–H groups in total. The van der Waals surface area contributed by atoms with Gasteiger partial charge in [-0.15, -0.1) is 0 Å². The van der Waals surface area contributed by atoms with Gasteiger partial charge in [0.25, 0.3) is 5.71 Å². The van der Waals surface area contributed by atoms with Crippen molar-refractivity contribution in [2.45, 2.75) is 52.0 Å². The van der Waals surface area contributed by atoms with Crippen LogP contribution in [0.15, 0.2) is 35.1 Å². The first kappa shape index (κ1) is 21.8. The van der Waals surface area contributed by atoms with E-state index in [1.807, 2.05) is 0 Å². The largest absolute Gasteiger partial charge is 0.355 e. The van der Waals surface area contributed by atoms with Crippen LogP contribution in [0.3, 0.4) is 0 Å². The Morgan fingerprint density at radius 3 is 2.76 bits per heavy atom. The van der Waals surface area contributed by atoms with E-state index < -0.39 is 0 Å². The number of amides is 1. The molecule has 7 nitrogen and oxygen atoms in total. The summed E-state index contributed by atoms with van der Waals surface area (Å²) in [5.74, 6) is 1.58. The smallest absolute Gasteiger partial charge is 0.263 e. The maximum absolute atomic E-state index is 13.4. The highest BCUT2D eigenvalue weighted by Gasteiger charge is 2.33. The molecule has 1 aliphatic heterocycles. The Balaban J connectivity index is 1.38. The van der Waals surface area contributed by atoms with Gasteiger partial charge in [0.05, 0.1) is 5.92 Å². The molecule has 1 saturated carbocycles. The standard InChI is InChI=1S/C25H30FN5O2/c1-15-5-3-7-20(16(15)2)29-24(32)18-6-4-12-31(13-18)23-21-22(17-8-10-19(26)11-9-17)30-33-25(21)28-14-27-23/h8-11,14-16,18,20H,3-7,12-13H2,1-2H3,(H,29,32)/t15-,16+,18+,20+/m1/s1. The molecule has 1 amide bonds. The molecule has 2 aliphatic rings. The van der Waals surface area contributed by atoms with Crippen LogP contribution in [0.4, 0.5) is 10.2 Å². The third kappa shape index (κ3) is 4.30. The van der Waals surface area contributed by atoms with E-state index in [0.29, 0.717) is 41.0 Å². The van der Waals surface area contributed by atoms with Gasteiger partial charge in [0, 0.05) is 24.7 Å². The molecule has 0 bridgehead atoms. The van der Waals surface area contributed by atoms with Crippen molar-refractivity contribution in [1.82, 2.24) is 20.4 Å². The van der Waals surface area contributed by atoms with Gasteiger partial charge in [-0.25, -0.2) is 9.37 Å². The van der Waals surface area contributed by atoms with Gasteiger partial charge in [0.15, 0.2) is 0 Å². The van der Waals surface area contributed by atoms with Gasteiger partial charge in [-0.05, 0) is 55.4 Å². The number of anilines is 1. The van der Waals surface area contributed by atoms with Crippen LogP contribution in [0.2, 0.25) is 0 Å². The normalized spacial score (nSPS) is 25.8. The molecule has 1 aromatic carbocycles. The fourth-order valence-electron chi connectivity index (χ4n) is 5.29. The molecule has 5 rings (SSSR count). The highest BCUT2D eigenvalue weighted by atomic mass is 19.1. The van der Waals surface area contributed by atoms with E-state index in [1.165, 1.54) is 31.3 Å². The maximum atomic E-state index is 13.4. The number of nitrogens with one attached hydrogen (secondary N) is 1. The van der Waals surface area contributed by atoms with Gasteiger partial charge in [-0.3, -0.25) is 4.79 Å². The predicted octanol–water partition coefficient (Wildman–Crippen LogP) is 4.58. The average molecular weight is 452 g/mol. The van der Waals surface area contributed by atoms with Crippen LogP contribution in [-0.4, -0.2) is 40.2 Å². The predicted molar refractivity (Wildman–Crippen MR) is 124 cm³/mol. The molecule has 0 radical (unpaired) electrons. The summed E-state index contributed by atoms with van der Waals surface area (Å²) in [6.45, 7) is 5.91. The minimum Gasteiger partial charge on any atom is -0.355 e. The molecule has 4 atom stereocenters. The van der Waals surface area contributed by atoms with Crippen LogP contribution in [0, 0.1) is 23.6 Å². The number of carbonyl (C=O) groups excluding carboxylic acids is 1. The summed E-state index contributed by atoms with van der Waals surface area (Å²) in [5, 5.41) is 8.24. The van der Waals surface area contributed by atoms with Crippen molar-refractivity contribution < 1.29 is 13.7 Å². The first-order valence-electron chi connectivity index (χ1n) is 11.9. The van der Waals surface area contributed by atoms with E-state index in [9.17, 15) is 9.18 Å². The number of rotatable bonds is 4. The number of fused-ring (bicyclic) bond motifs is 1. The molecule has 3 heterocycles. The number of aromatic nitrogens is 3. The fraction of sp³-hybridized carbons (Fsp3) is 0.520. The quantitative estimate of drug-likeness (QED) is 0.625. The van der Waals surface area contributed by atoms with E-state index in [1.54, 1.807) is 12.1 Å². The van der Waals surface area contributed by atoms with Gasteiger partial charge in [0.2, 0.25) is 5.91 Å². The van der Waals surface area contributed by atoms with Crippen LogP contribution in [0.5, 0.6) is 0 Å². The molecule has 0 spiro atoms. The Morgan fingerprint density at radius 2 is 1.94 bits per heavy atom. The Labute approximate surface area is 192 Å². The minimum absolute atomic E-state index is 0.0951. The lowest BCUT2D eigenvalue weighted by Crippen LogP contribution is -2.49. The van der Waals surface area contributed by atoms with Gasteiger partial charge >= 0.3 is 0 Å².